The Bertz CT molecular complexity index is 1030. The topological polar surface area (TPSA) is 55.8 Å². The number of hydrogen-bond donors (Lipinski definition) is 1. The summed E-state index contributed by atoms with van der Waals surface area (Å²) in [7, 11) is 0. The second-order valence-electron chi connectivity index (χ2n) is 6.48. The molecular weight excluding hydrogens is 408 g/mol. The van der Waals surface area contributed by atoms with Crippen LogP contribution in [0.15, 0.2) is 83.0 Å². The Kier molecular flexibility index (Phi) is 4.62. The molecule has 1 aliphatic rings. The van der Waals surface area contributed by atoms with Crippen LogP contribution in [0, 0.1) is 0 Å². The van der Waals surface area contributed by atoms with Crippen LogP contribution in [0.2, 0.25) is 0 Å². The summed E-state index contributed by atoms with van der Waals surface area (Å²) in [5, 5.41) is 12.4. The van der Waals surface area contributed by atoms with Gasteiger partial charge in [0.2, 0.25) is 0 Å². The summed E-state index contributed by atoms with van der Waals surface area (Å²) >= 11 is 3.08. The number of rotatable bonds is 4. The Morgan fingerprint density at radius 1 is 1.00 bits per heavy atom. The predicted molar refractivity (Wildman–Crippen MR) is 107 cm³/mol. The third kappa shape index (κ3) is 3.43. The Balaban J connectivity index is 1.66. The van der Waals surface area contributed by atoms with Gasteiger partial charge in [0.05, 0.1) is 6.42 Å². The van der Waals surface area contributed by atoms with Crippen LogP contribution in [0.3, 0.4) is 0 Å². The van der Waals surface area contributed by atoms with E-state index in [1.165, 1.54) is 0 Å². The molecule has 1 atom stereocenters. The molecule has 0 bridgehead atoms. The summed E-state index contributed by atoms with van der Waals surface area (Å²) in [5.74, 6) is 0.0232. The van der Waals surface area contributed by atoms with Crippen molar-refractivity contribution in [2.24, 2.45) is 0 Å². The number of esters is 1. The van der Waals surface area contributed by atoms with Crippen LogP contribution in [0.1, 0.15) is 12.0 Å². The molecule has 4 rings (SSSR count). The smallest absolute Gasteiger partial charge is 0.349 e. The highest BCUT2D eigenvalue weighted by atomic mass is 79.9. The molecule has 1 aliphatic heterocycles. The highest BCUT2D eigenvalue weighted by molar-refractivity contribution is 9.12. The molecule has 4 nitrogen and oxygen atoms in total. The molecule has 1 N–H and O–H groups in total. The van der Waals surface area contributed by atoms with Gasteiger partial charge in [0.1, 0.15) is 22.6 Å². The van der Waals surface area contributed by atoms with Gasteiger partial charge in [-0.3, -0.25) is 0 Å². The fraction of sp³-hybridized carbons (Fsp3) is 0.136. The summed E-state index contributed by atoms with van der Waals surface area (Å²) in [6.07, 6.45) is 0.136. The van der Waals surface area contributed by atoms with Gasteiger partial charge in [-0.25, -0.2) is 4.79 Å². The summed E-state index contributed by atoms with van der Waals surface area (Å²) in [5.41, 5.74) is -0.323. The first-order valence-electron chi connectivity index (χ1n) is 8.55. The first-order valence-corrected chi connectivity index (χ1v) is 9.35. The normalized spacial score (nSPS) is 19.8. The molecule has 136 valence electrons. The SMILES string of the molecule is O=C1OC(COc2ccc3ccccc3c2)(c2ccccc2)CC(O)=C1Br. The lowest BCUT2D eigenvalue weighted by molar-refractivity contribution is -0.163. The van der Waals surface area contributed by atoms with Gasteiger partial charge >= 0.3 is 5.97 Å². The molecule has 27 heavy (non-hydrogen) atoms. The zero-order valence-electron chi connectivity index (χ0n) is 14.4. The minimum Gasteiger partial charge on any atom is -0.511 e. The van der Waals surface area contributed by atoms with Crippen LogP contribution in [0.4, 0.5) is 0 Å². The van der Waals surface area contributed by atoms with Crippen molar-refractivity contribution in [1.82, 2.24) is 0 Å². The molecular formula is C22H17BrO4. The molecule has 0 amide bonds. The number of halogens is 1. The number of aliphatic hydroxyl groups excluding tert-OH is 1. The van der Waals surface area contributed by atoms with E-state index in [1.54, 1.807) is 0 Å². The van der Waals surface area contributed by atoms with Crippen molar-refractivity contribution in [3.05, 3.63) is 88.6 Å². The summed E-state index contributed by atoms with van der Waals surface area (Å²) in [4.78, 5) is 12.2. The maximum atomic E-state index is 12.2. The highest BCUT2D eigenvalue weighted by Crippen LogP contribution is 2.39. The van der Waals surface area contributed by atoms with Crippen LogP contribution in [-0.2, 0) is 15.1 Å². The van der Waals surface area contributed by atoms with Crippen molar-refractivity contribution in [3.8, 4) is 5.75 Å². The van der Waals surface area contributed by atoms with Crippen molar-refractivity contribution < 1.29 is 19.4 Å². The largest absolute Gasteiger partial charge is 0.511 e. The number of benzene rings is 3. The molecule has 0 aromatic heterocycles. The third-order valence-electron chi connectivity index (χ3n) is 4.67. The number of hydrogen-bond acceptors (Lipinski definition) is 4. The standard InChI is InChI=1S/C22H17BrO4/c23-20-19(24)13-22(27-21(20)25,17-8-2-1-3-9-17)14-26-18-11-10-15-6-4-5-7-16(15)12-18/h1-12,24H,13-14H2. The van der Waals surface area contributed by atoms with Crippen LogP contribution >= 0.6 is 15.9 Å². The molecule has 1 unspecified atom stereocenters. The van der Waals surface area contributed by atoms with Gasteiger partial charge in [0.15, 0.2) is 5.60 Å². The van der Waals surface area contributed by atoms with E-state index in [1.807, 2.05) is 72.8 Å². The van der Waals surface area contributed by atoms with Gasteiger partial charge in [0, 0.05) is 0 Å². The van der Waals surface area contributed by atoms with Gasteiger partial charge in [0.25, 0.3) is 0 Å². The Hall–Kier alpha value is -2.79. The first kappa shape index (κ1) is 17.6. The van der Waals surface area contributed by atoms with Crippen LogP contribution in [0.5, 0.6) is 5.75 Å². The van der Waals surface area contributed by atoms with Crippen LogP contribution < -0.4 is 4.74 Å². The van der Waals surface area contributed by atoms with E-state index in [0.717, 1.165) is 16.3 Å². The van der Waals surface area contributed by atoms with E-state index in [-0.39, 0.29) is 23.3 Å². The molecule has 0 aliphatic carbocycles. The minimum absolute atomic E-state index is 0.0442. The molecule has 1 heterocycles. The van der Waals surface area contributed by atoms with E-state index in [4.69, 9.17) is 9.47 Å². The van der Waals surface area contributed by atoms with Crippen molar-refractivity contribution in [2.45, 2.75) is 12.0 Å². The van der Waals surface area contributed by atoms with Gasteiger partial charge in [-0.1, -0.05) is 60.7 Å². The van der Waals surface area contributed by atoms with Gasteiger partial charge in [-0.2, -0.15) is 0 Å². The van der Waals surface area contributed by atoms with Crippen LogP contribution in [-0.4, -0.2) is 17.7 Å². The number of carbonyl (C=O) groups is 1. The lowest BCUT2D eigenvalue weighted by Gasteiger charge is -2.36. The second kappa shape index (κ2) is 7.08. The molecule has 0 saturated carbocycles. The van der Waals surface area contributed by atoms with Crippen molar-refractivity contribution in [1.29, 1.82) is 0 Å². The lowest BCUT2D eigenvalue weighted by Crippen LogP contribution is -2.42. The summed E-state index contributed by atoms with van der Waals surface area (Å²) in [6, 6.07) is 23.2. The summed E-state index contributed by atoms with van der Waals surface area (Å²) in [6.45, 7) is 0.0887. The average molecular weight is 425 g/mol. The van der Waals surface area contributed by atoms with Crippen LogP contribution in [0.25, 0.3) is 10.8 Å². The molecule has 0 radical (unpaired) electrons. The zero-order valence-corrected chi connectivity index (χ0v) is 16.0. The summed E-state index contributed by atoms with van der Waals surface area (Å²) < 4.78 is 11.8. The van der Waals surface area contributed by atoms with Gasteiger partial charge in [-0.05, 0) is 44.4 Å². The lowest BCUT2D eigenvalue weighted by atomic mass is 9.88. The van der Waals surface area contributed by atoms with Gasteiger partial charge < -0.3 is 14.6 Å². The number of ether oxygens (including phenoxy) is 2. The predicted octanol–water partition coefficient (Wildman–Crippen LogP) is 5.23. The quantitative estimate of drug-likeness (QED) is 0.582. The fourth-order valence-corrected chi connectivity index (χ4v) is 3.47. The van der Waals surface area contributed by atoms with Crippen molar-refractivity contribution >= 4 is 32.7 Å². The Labute approximate surface area is 165 Å². The van der Waals surface area contributed by atoms with E-state index in [9.17, 15) is 9.90 Å². The number of carbonyl (C=O) groups excluding carboxylic acids is 1. The van der Waals surface area contributed by atoms with Crippen molar-refractivity contribution in [3.63, 3.8) is 0 Å². The van der Waals surface area contributed by atoms with E-state index >= 15 is 0 Å². The number of cyclic esters (lactones) is 1. The highest BCUT2D eigenvalue weighted by Gasteiger charge is 2.44. The minimum atomic E-state index is -1.09. The average Bonchev–Trinajstić information content (AvgIpc) is 2.71. The molecule has 0 spiro atoms. The van der Waals surface area contributed by atoms with Crippen molar-refractivity contribution in [2.75, 3.05) is 6.61 Å². The fourth-order valence-electron chi connectivity index (χ4n) is 3.25. The first-order chi connectivity index (χ1) is 13.1. The van der Waals surface area contributed by atoms with E-state index in [0.29, 0.717) is 5.75 Å². The number of fused-ring (bicyclic) bond motifs is 1. The van der Waals surface area contributed by atoms with E-state index in [2.05, 4.69) is 15.9 Å². The maximum absolute atomic E-state index is 12.2. The molecule has 0 saturated heterocycles. The Morgan fingerprint density at radius 3 is 2.44 bits per heavy atom. The molecule has 0 fully saturated rings. The number of aliphatic hydroxyl groups is 1. The maximum Gasteiger partial charge on any atom is 0.349 e. The molecule has 3 aromatic rings. The zero-order chi connectivity index (χ0) is 18.9. The van der Waals surface area contributed by atoms with Gasteiger partial charge in [-0.15, -0.1) is 0 Å². The second-order valence-corrected chi connectivity index (χ2v) is 7.28. The Morgan fingerprint density at radius 2 is 1.70 bits per heavy atom. The monoisotopic (exact) mass is 424 g/mol. The molecule has 5 heteroatoms. The molecule has 3 aromatic carbocycles. The third-order valence-corrected chi connectivity index (χ3v) is 5.45. The van der Waals surface area contributed by atoms with E-state index < -0.39 is 11.6 Å².